The van der Waals surface area contributed by atoms with E-state index < -0.39 is 11.7 Å². The highest BCUT2D eigenvalue weighted by Crippen LogP contribution is 2.32. The van der Waals surface area contributed by atoms with Crippen molar-refractivity contribution >= 4 is 10.9 Å². The lowest BCUT2D eigenvalue weighted by atomic mass is 9.98. The zero-order chi connectivity index (χ0) is 31.4. The van der Waals surface area contributed by atoms with Crippen LogP contribution in [-0.2, 0) is 25.7 Å². The molecule has 0 unspecified atom stereocenters. The number of nitrogens with zero attached hydrogens (tertiary/aromatic N) is 5. The summed E-state index contributed by atoms with van der Waals surface area (Å²) >= 11 is 0. The molecule has 6 rings (SSSR count). The van der Waals surface area contributed by atoms with Gasteiger partial charge in [-0.3, -0.25) is 9.36 Å². The molecule has 8 nitrogen and oxygen atoms in total. The van der Waals surface area contributed by atoms with Crippen molar-refractivity contribution in [3.63, 3.8) is 0 Å². The molecule has 0 aliphatic carbocycles. The van der Waals surface area contributed by atoms with E-state index in [1.807, 2.05) is 48.5 Å². The molecule has 1 N–H and O–H groups in total. The Morgan fingerprint density at radius 2 is 1.67 bits per heavy atom. The van der Waals surface area contributed by atoms with E-state index in [9.17, 15) is 18.0 Å². The molecule has 2 heterocycles. The number of alkyl halides is 3. The maximum Gasteiger partial charge on any atom is 0.416 e. The third kappa shape index (κ3) is 6.62. The summed E-state index contributed by atoms with van der Waals surface area (Å²) in [5.41, 5.74) is 3.96. The molecule has 0 aliphatic heterocycles. The van der Waals surface area contributed by atoms with E-state index in [0.29, 0.717) is 41.1 Å². The standard InChI is InChI=1S/C34H29F3N6O2/c1-2-3-11-31-38-30-17-14-23(21-45-26-8-6-7-25(19-26)34(35,36)37)18-29(30)33(44)43(31)20-22-12-15-24(16-13-22)27-9-4-5-10-28(27)32-39-41-42-40-32/h4-10,12-19H,2-3,11,20-21H2,1H3,(H,39,40,41,42). The van der Waals surface area contributed by atoms with Gasteiger partial charge in [0.05, 0.1) is 23.0 Å². The van der Waals surface area contributed by atoms with Gasteiger partial charge in [0.25, 0.3) is 5.56 Å². The number of nitrogens with one attached hydrogen (secondary N) is 1. The van der Waals surface area contributed by atoms with Gasteiger partial charge in [0, 0.05) is 12.0 Å². The number of halogens is 3. The number of benzene rings is 4. The second-order valence-corrected chi connectivity index (χ2v) is 10.7. The van der Waals surface area contributed by atoms with E-state index in [4.69, 9.17) is 9.72 Å². The van der Waals surface area contributed by atoms with Crippen LogP contribution in [0.3, 0.4) is 0 Å². The molecule has 0 saturated heterocycles. The molecule has 2 aromatic heterocycles. The Morgan fingerprint density at radius 3 is 2.40 bits per heavy atom. The first-order valence-electron chi connectivity index (χ1n) is 14.5. The second kappa shape index (κ2) is 12.7. The first-order valence-corrected chi connectivity index (χ1v) is 14.5. The molecule has 0 amide bonds. The van der Waals surface area contributed by atoms with Crippen LogP contribution in [0.4, 0.5) is 13.2 Å². The lowest BCUT2D eigenvalue weighted by Gasteiger charge is -2.15. The number of aryl methyl sites for hydroxylation is 1. The Morgan fingerprint density at radius 1 is 0.889 bits per heavy atom. The maximum atomic E-state index is 13.9. The van der Waals surface area contributed by atoms with Gasteiger partial charge in [0.1, 0.15) is 18.2 Å². The number of hydrogen-bond donors (Lipinski definition) is 1. The van der Waals surface area contributed by atoms with E-state index in [-0.39, 0.29) is 17.9 Å². The molecule has 0 bridgehead atoms. The van der Waals surface area contributed by atoms with Gasteiger partial charge in [-0.15, -0.1) is 10.2 Å². The van der Waals surface area contributed by atoms with Crippen molar-refractivity contribution in [2.24, 2.45) is 0 Å². The second-order valence-electron chi connectivity index (χ2n) is 10.7. The minimum Gasteiger partial charge on any atom is -0.489 e. The molecule has 11 heteroatoms. The summed E-state index contributed by atoms with van der Waals surface area (Å²) < 4.78 is 46.7. The minimum absolute atomic E-state index is 0.00106. The van der Waals surface area contributed by atoms with Gasteiger partial charge in [-0.2, -0.15) is 18.4 Å². The molecule has 45 heavy (non-hydrogen) atoms. The Bertz CT molecular complexity index is 1990. The summed E-state index contributed by atoms with van der Waals surface area (Å²) in [5, 5.41) is 14.8. The van der Waals surface area contributed by atoms with Crippen LogP contribution < -0.4 is 10.3 Å². The first kappa shape index (κ1) is 29.7. The lowest BCUT2D eigenvalue weighted by molar-refractivity contribution is -0.137. The molecular formula is C34H29F3N6O2. The molecule has 0 spiro atoms. The SMILES string of the molecule is CCCCc1nc2ccc(COc3cccc(C(F)(F)F)c3)cc2c(=O)n1Cc1ccc(-c2ccccc2-c2nn[nH]n2)cc1. The number of aromatic nitrogens is 6. The highest BCUT2D eigenvalue weighted by Gasteiger charge is 2.30. The molecule has 0 saturated carbocycles. The number of H-pyrrole nitrogens is 1. The molecule has 0 atom stereocenters. The van der Waals surface area contributed by atoms with Crippen molar-refractivity contribution in [3.05, 3.63) is 124 Å². The molecule has 0 radical (unpaired) electrons. The number of rotatable bonds is 10. The average Bonchev–Trinajstić information content (AvgIpc) is 3.60. The van der Waals surface area contributed by atoms with Gasteiger partial charge in [0.2, 0.25) is 5.82 Å². The Hall–Kier alpha value is -5.32. The van der Waals surface area contributed by atoms with E-state index >= 15 is 0 Å². The van der Waals surface area contributed by atoms with Crippen LogP contribution in [0.5, 0.6) is 5.75 Å². The predicted molar refractivity (Wildman–Crippen MR) is 165 cm³/mol. The summed E-state index contributed by atoms with van der Waals surface area (Å²) in [6.45, 7) is 2.42. The summed E-state index contributed by atoms with van der Waals surface area (Å²) in [7, 11) is 0. The van der Waals surface area contributed by atoms with Gasteiger partial charge in [-0.25, -0.2) is 4.98 Å². The van der Waals surface area contributed by atoms with Gasteiger partial charge in [-0.05, 0) is 64.2 Å². The Kier molecular flexibility index (Phi) is 8.41. The number of ether oxygens (including phenoxy) is 1. The topological polar surface area (TPSA) is 98.6 Å². The van der Waals surface area contributed by atoms with Crippen LogP contribution in [0.1, 0.15) is 42.3 Å². The third-order valence-electron chi connectivity index (χ3n) is 7.54. The predicted octanol–water partition coefficient (Wildman–Crippen LogP) is 7.23. The molecule has 4 aromatic carbocycles. The van der Waals surface area contributed by atoms with Crippen LogP contribution in [0, 0.1) is 0 Å². The largest absolute Gasteiger partial charge is 0.489 e. The van der Waals surface area contributed by atoms with Crippen molar-refractivity contribution in [1.82, 2.24) is 30.2 Å². The van der Waals surface area contributed by atoms with Crippen LogP contribution in [0.2, 0.25) is 0 Å². The fourth-order valence-electron chi connectivity index (χ4n) is 5.20. The highest BCUT2D eigenvalue weighted by atomic mass is 19.4. The summed E-state index contributed by atoms with van der Waals surface area (Å²) in [6, 6.07) is 25.8. The lowest BCUT2D eigenvalue weighted by Crippen LogP contribution is -2.26. The molecule has 0 fully saturated rings. The van der Waals surface area contributed by atoms with Gasteiger partial charge >= 0.3 is 6.18 Å². The zero-order valence-electron chi connectivity index (χ0n) is 24.4. The summed E-state index contributed by atoms with van der Waals surface area (Å²) in [4.78, 5) is 18.7. The highest BCUT2D eigenvalue weighted by molar-refractivity contribution is 5.80. The minimum atomic E-state index is -4.46. The number of hydrogen-bond acceptors (Lipinski definition) is 6. The van der Waals surface area contributed by atoms with Gasteiger partial charge in [0.15, 0.2) is 0 Å². The van der Waals surface area contributed by atoms with Crippen LogP contribution >= 0.6 is 0 Å². The smallest absolute Gasteiger partial charge is 0.416 e. The van der Waals surface area contributed by atoms with Crippen molar-refractivity contribution in [2.75, 3.05) is 0 Å². The van der Waals surface area contributed by atoms with Crippen molar-refractivity contribution in [2.45, 2.75) is 45.5 Å². The fraction of sp³-hybridized carbons (Fsp3) is 0.206. The van der Waals surface area contributed by atoms with E-state index in [0.717, 1.165) is 47.2 Å². The molecule has 0 aliphatic rings. The summed E-state index contributed by atoms with van der Waals surface area (Å²) in [5.74, 6) is 1.30. The van der Waals surface area contributed by atoms with Crippen LogP contribution in [-0.4, -0.2) is 30.2 Å². The van der Waals surface area contributed by atoms with E-state index in [2.05, 4.69) is 27.5 Å². The average molecular weight is 611 g/mol. The number of tetrazole rings is 1. The van der Waals surface area contributed by atoms with Crippen molar-refractivity contribution in [1.29, 1.82) is 0 Å². The Labute approximate surface area is 256 Å². The van der Waals surface area contributed by atoms with Crippen LogP contribution in [0.15, 0.2) is 95.8 Å². The summed E-state index contributed by atoms with van der Waals surface area (Å²) in [6.07, 6.45) is -1.98. The van der Waals surface area contributed by atoms with Gasteiger partial charge < -0.3 is 4.74 Å². The first-order chi connectivity index (χ1) is 21.8. The van der Waals surface area contributed by atoms with E-state index in [1.54, 1.807) is 22.8 Å². The van der Waals surface area contributed by atoms with Gasteiger partial charge in [-0.1, -0.05) is 74.0 Å². The molecular weight excluding hydrogens is 581 g/mol. The number of aromatic amines is 1. The number of fused-ring (bicyclic) bond motifs is 1. The quantitative estimate of drug-likeness (QED) is 0.176. The van der Waals surface area contributed by atoms with E-state index in [1.165, 1.54) is 12.1 Å². The fourth-order valence-corrected chi connectivity index (χ4v) is 5.20. The molecule has 228 valence electrons. The third-order valence-corrected chi connectivity index (χ3v) is 7.54. The Balaban J connectivity index is 1.28. The number of unbranched alkanes of at least 4 members (excludes halogenated alkanes) is 1. The van der Waals surface area contributed by atoms with Crippen molar-refractivity contribution in [3.8, 4) is 28.3 Å². The monoisotopic (exact) mass is 610 g/mol. The zero-order valence-corrected chi connectivity index (χ0v) is 24.4. The normalized spacial score (nSPS) is 11.6. The van der Waals surface area contributed by atoms with Crippen molar-refractivity contribution < 1.29 is 17.9 Å². The maximum absolute atomic E-state index is 13.9. The van der Waals surface area contributed by atoms with Crippen LogP contribution in [0.25, 0.3) is 33.4 Å². The molecule has 6 aromatic rings.